The van der Waals surface area contributed by atoms with Gasteiger partial charge in [0.2, 0.25) is 0 Å². The quantitative estimate of drug-likeness (QED) is 0.913. The van der Waals surface area contributed by atoms with Gasteiger partial charge in [0.1, 0.15) is 5.75 Å². The molecule has 2 aromatic rings. The van der Waals surface area contributed by atoms with E-state index in [4.69, 9.17) is 9.84 Å². The number of methoxy groups -OCH3 is 1. The van der Waals surface area contributed by atoms with Crippen molar-refractivity contribution in [3.05, 3.63) is 54.1 Å². The zero-order valence-corrected chi connectivity index (χ0v) is 10.6. The van der Waals surface area contributed by atoms with Gasteiger partial charge in [-0.15, -0.1) is 0 Å². The van der Waals surface area contributed by atoms with Crippen LogP contribution in [0.5, 0.6) is 5.75 Å². The first-order valence-corrected chi connectivity index (χ1v) is 6.16. The third kappa shape index (κ3) is 2.84. The van der Waals surface area contributed by atoms with Crippen molar-refractivity contribution in [1.29, 1.82) is 0 Å². The fraction of sp³-hybridized carbons (Fsp3) is 0.0714. The van der Waals surface area contributed by atoms with Crippen molar-refractivity contribution in [3.63, 3.8) is 0 Å². The Morgan fingerprint density at radius 1 is 1.17 bits per heavy atom. The first-order chi connectivity index (χ1) is 8.70. The highest BCUT2D eigenvalue weighted by molar-refractivity contribution is 7.99. The fourth-order valence-electron chi connectivity index (χ4n) is 1.51. The number of carboxylic acids is 1. The Kier molecular flexibility index (Phi) is 3.89. The van der Waals surface area contributed by atoms with Gasteiger partial charge in [-0.2, -0.15) is 0 Å². The summed E-state index contributed by atoms with van der Waals surface area (Å²) in [5.74, 6) is -0.283. The Balaban J connectivity index is 2.38. The standard InChI is InChI=1S/C14H12O3S/c1-17-10-7-8-12(14(15)16)13(9-10)18-11-5-3-2-4-6-11/h2-9H,1H3,(H,15,16). The summed E-state index contributed by atoms with van der Waals surface area (Å²) >= 11 is 1.41. The number of rotatable bonds is 4. The molecule has 1 N–H and O–H groups in total. The largest absolute Gasteiger partial charge is 0.497 e. The van der Waals surface area contributed by atoms with Gasteiger partial charge in [0.15, 0.2) is 0 Å². The van der Waals surface area contributed by atoms with Crippen LogP contribution in [0.25, 0.3) is 0 Å². The molecule has 0 aliphatic rings. The predicted molar refractivity (Wildman–Crippen MR) is 70.5 cm³/mol. The lowest BCUT2D eigenvalue weighted by Crippen LogP contribution is -1.99. The monoisotopic (exact) mass is 260 g/mol. The summed E-state index contributed by atoms with van der Waals surface area (Å²) in [5, 5.41) is 9.15. The van der Waals surface area contributed by atoms with E-state index < -0.39 is 5.97 Å². The molecule has 18 heavy (non-hydrogen) atoms. The number of ether oxygens (including phenoxy) is 1. The third-order valence-corrected chi connectivity index (χ3v) is 3.46. The Hall–Kier alpha value is -1.94. The van der Waals surface area contributed by atoms with Crippen LogP contribution in [0.2, 0.25) is 0 Å². The molecule has 0 saturated carbocycles. The van der Waals surface area contributed by atoms with Crippen LogP contribution in [0.1, 0.15) is 10.4 Å². The van der Waals surface area contributed by atoms with Crippen molar-refractivity contribution in [2.75, 3.05) is 7.11 Å². The van der Waals surface area contributed by atoms with Gasteiger partial charge in [0.05, 0.1) is 12.7 Å². The normalized spacial score (nSPS) is 10.1. The predicted octanol–water partition coefficient (Wildman–Crippen LogP) is 3.54. The van der Waals surface area contributed by atoms with Crippen LogP contribution < -0.4 is 4.74 Å². The zero-order valence-electron chi connectivity index (χ0n) is 9.79. The summed E-state index contributed by atoms with van der Waals surface area (Å²) in [5.41, 5.74) is 0.282. The summed E-state index contributed by atoms with van der Waals surface area (Å²) in [7, 11) is 1.56. The van der Waals surface area contributed by atoms with Crippen LogP contribution in [0.4, 0.5) is 0 Å². The fourth-order valence-corrected chi connectivity index (χ4v) is 2.49. The van der Waals surface area contributed by atoms with Crippen molar-refractivity contribution in [3.8, 4) is 5.75 Å². The van der Waals surface area contributed by atoms with Gasteiger partial charge in [-0.25, -0.2) is 4.79 Å². The van der Waals surface area contributed by atoms with Gasteiger partial charge in [-0.05, 0) is 30.3 Å². The van der Waals surface area contributed by atoms with Crippen molar-refractivity contribution in [2.45, 2.75) is 9.79 Å². The second-order valence-corrected chi connectivity index (χ2v) is 4.70. The van der Waals surface area contributed by atoms with E-state index in [0.717, 1.165) is 4.90 Å². The van der Waals surface area contributed by atoms with E-state index in [0.29, 0.717) is 10.6 Å². The lowest BCUT2D eigenvalue weighted by atomic mass is 10.2. The van der Waals surface area contributed by atoms with Gasteiger partial charge in [0, 0.05) is 9.79 Å². The summed E-state index contributed by atoms with van der Waals surface area (Å²) in [6, 6.07) is 14.6. The van der Waals surface area contributed by atoms with Gasteiger partial charge in [-0.3, -0.25) is 0 Å². The van der Waals surface area contributed by atoms with Gasteiger partial charge < -0.3 is 9.84 Å². The maximum atomic E-state index is 11.2. The highest BCUT2D eigenvalue weighted by Gasteiger charge is 2.12. The van der Waals surface area contributed by atoms with Gasteiger partial charge in [-0.1, -0.05) is 30.0 Å². The van der Waals surface area contributed by atoms with Crippen LogP contribution in [-0.4, -0.2) is 18.2 Å². The molecule has 2 rings (SSSR count). The minimum atomic E-state index is -0.934. The van der Waals surface area contributed by atoms with E-state index in [1.54, 1.807) is 25.3 Å². The molecule has 2 aromatic carbocycles. The zero-order chi connectivity index (χ0) is 13.0. The summed E-state index contributed by atoms with van der Waals surface area (Å²) < 4.78 is 5.12. The number of carbonyl (C=O) groups is 1. The smallest absolute Gasteiger partial charge is 0.336 e. The SMILES string of the molecule is COc1ccc(C(=O)O)c(Sc2ccccc2)c1. The number of benzene rings is 2. The molecule has 0 spiro atoms. The Labute approximate surface area is 109 Å². The van der Waals surface area contributed by atoms with E-state index in [1.807, 2.05) is 30.3 Å². The average molecular weight is 260 g/mol. The molecule has 4 heteroatoms. The van der Waals surface area contributed by atoms with E-state index in [9.17, 15) is 4.79 Å². The first kappa shape index (κ1) is 12.5. The van der Waals surface area contributed by atoms with Crippen LogP contribution in [0.15, 0.2) is 58.3 Å². The average Bonchev–Trinajstić information content (AvgIpc) is 2.39. The molecule has 92 valence electrons. The van der Waals surface area contributed by atoms with Crippen molar-refractivity contribution in [2.24, 2.45) is 0 Å². The summed E-state index contributed by atoms with van der Waals surface area (Å²) in [4.78, 5) is 12.8. The Morgan fingerprint density at radius 2 is 1.89 bits per heavy atom. The van der Waals surface area contributed by atoms with Crippen molar-refractivity contribution < 1.29 is 14.6 Å². The molecular weight excluding hydrogens is 248 g/mol. The highest BCUT2D eigenvalue weighted by atomic mass is 32.2. The lowest BCUT2D eigenvalue weighted by Gasteiger charge is -2.08. The summed E-state index contributed by atoms with van der Waals surface area (Å²) in [6.07, 6.45) is 0. The molecule has 0 aromatic heterocycles. The molecule has 3 nitrogen and oxygen atoms in total. The van der Waals surface area contributed by atoms with Gasteiger partial charge >= 0.3 is 5.97 Å². The van der Waals surface area contributed by atoms with Crippen LogP contribution in [-0.2, 0) is 0 Å². The van der Waals surface area contributed by atoms with Gasteiger partial charge in [0.25, 0.3) is 0 Å². The van der Waals surface area contributed by atoms with E-state index in [1.165, 1.54) is 11.8 Å². The second kappa shape index (κ2) is 5.60. The lowest BCUT2D eigenvalue weighted by molar-refractivity contribution is 0.0693. The number of hydrogen-bond donors (Lipinski definition) is 1. The maximum Gasteiger partial charge on any atom is 0.336 e. The van der Waals surface area contributed by atoms with Crippen LogP contribution in [0.3, 0.4) is 0 Å². The summed E-state index contributed by atoms with van der Waals surface area (Å²) in [6.45, 7) is 0. The van der Waals surface area contributed by atoms with Crippen molar-refractivity contribution >= 4 is 17.7 Å². The Morgan fingerprint density at radius 3 is 2.50 bits per heavy atom. The molecular formula is C14H12O3S. The van der Waals surface area contributed by atoms with Crippen LogP contribution >= 0.6 is 11.8 Å². The maximum absolute atomic E-state index is 11.2. The molecule has 0 saturated heterocycles. The molecule has 0 atom stereocenters. The first-order valence-electron chi connectivity index (χ1n) is 5.35. The minimum Gasteiger partial charge on any atom is -0.497 e. The molecule has 0 aliphatic carbocycles. The third-order valence-electron chi connectivity index (χ3n) is 2.39. The van der Waals surface area contributed by atoms with E-state index in [2.05, 4.69) is 0 Å². The molecule has 0 unspecified atom stereocenters. The number of carboxylic acid groups (broad SMARTS) is 1. The number of aromatic carboxylic acids is 1. The molecule has 0 bridgehead atoms. The minimum absolute atomic E-state index is 0.282. The molecule has 0 radical (unpaired) electrons. The molecule has 0 aliphatic heterocycles. The van der Waals surface area contributed by atoms with Crippen molar-refractivity contribution in [1.82, 2.24) is 0 Å². The number of hydrogen-bond acceptors (Lipinski definition) is 3. The topological polar surface area (TPSA) is 46.5 Å². The van der Waals surface area contributed by atoms with E-state index in [-0.39, 0.29) is 5.56 Å². The Bertz CT molecular complexity index is 552. The second-order valence-electron chi connectivity index (χ2n) is 3.58. The van der Waals surface area contributed by atoms with E-state index >= 15 is 0 Å². The van der Waals surface area contributed by atoms with Crippen LogP contribution in [0, 0.1) is 0 Å². The highest BCUT2D eigenvalue weighted by Crippen LogP contribution is 2.33. The molecule has 0 fully saturated rings. The molecule has 0 heterocycles. The molecule has 0 amide bonds.